The molecule has 5 nitrogen and oxygen atoms in total. The van der Waals surface area contributed by atoms with Crippen LogP contribution in [0.4, 0.5) is 0 Å². The van der Waals surface area contributed by atoms with E-state index in [1.54, 1.807) is 6.08 Å². The average Bonchev–Trinajstić information content (AvgIpc) is 3.11. The van der Waals surface area contributed by atoms with Gasteiger partial charge >= 0.3 is 0 Å². The van der Waals surface area contributed by atoms with Gasteiger partial charge in [-0.1, -0.05) is 40.5 Å². The maximum Gasteiger partial charge on any atom is 0.243 e. The number of imidazole rings is 1. The summed E-state index contributed by atoms with van der Waals surface area (Å²) in [7, 11) is 2.03. The Kier molecular flexibility index (Phi) is 14.9. The second kappa shape index (κ2) is 17.1. The predicted octanol–water partition coefficient (Wildman–Crippen LogP) is 6.56. The van der Waals surface area contributed by atoms with Crippen LogP contribution in [0.25, 0.3) is 5.73 Å². The van der Waals surface area contributed by atoms with Gasteiger partial charge in [-0.05, 0) is 79.6 Å². The molecule has 1 aromatic heterocycles. The zero-order valence-electron chi connectivity index (χ0n) is 22.5. The molecule has 1 heterocycles. The lowest BCUT2D eigenvalue weighted by atomic mass is 10.0. The molecule has 190 valence electrons. The first-order chi connectivity index (χ1) is 16.2. The van der Waals surface area contributed by atoms with Crippen LogP contribution in [0.5, 0.6) is 0 Å². The number of aryl methyl sites for hydroxylation is 2. The predicted molar refractivity (Wildman–Crippen MR) is 145 cm³/mol. The molecule has 0 spiro atoms. The van der Waals surface area contributed by atoms with Crippen molar-refractivity contribution in [1.82, 2.24) is 9.88 Å². The molecule has 0 saturated heterocycles. The molecule has 2 N–H and O–H groups in total. The number of carbonyl (C=O) groups excluding carboxylic acids is 1. The van der Waals surface area contributed by atoms with Crippen molar-refractivity contribution >= 4 is 5.91 Å². The fourth-order valence-corrected chi connectivity index (χ4v) is 3.78. The first-order valence-electron chi connectivity index (χ1n) is 12.8. The van der Waals surface area contributed by atoms with Crippen molar-refractivity contribution in [1.29, 1.82) is 0 Å². The second-order valence-electron chi connectivity index (χ2n) is 9.72. The van der Waals surface area contributed by atoms with Crippen LogP contribution >= 0.6 is 0 Å². The summed E-state index contributed by atoms with van der Waals surface area (Å²) >= 11 is 0. The fraction of sp³-hybridized carbons (Fsp3) is 0.586. The van der Waals surface area contributed by atoms with Crippen molar-refractivity contribution in [3.8, 4) is 0 Å². The third-order valence-electron chi connectivity index (χ3n) is 5.89. The highest BCUT2D eigenvalue weighted by atomic mass is 16.1. The number of carbonyl (C=O) groups is 1. The minimum absolute atomic E-state index is 0.0109. The van der Waals surface area contributed by atoms with Crippen molar-refractivity contribution in [2.75, 3.05) is 13.1 Å². The Morgan fingerprint density at radius 1 is 0.971 bits per heavy atom. The van der Waals surface area contributed by atoms with E-state index in [2.05, 4.69) is 72.9 Å². The number of nitrogens with zero attached hydrogens (tertiary/aromatic N) is 2. The maximum absolute atomic E-state index is 12.2. The third-order valence-corrected chi connectivity index (χ3v) is 5.89. The number of hydrogen-bond acceptors (Lipinski definition) is 1. The number of amides is 1. The first-order valence-corrected chi connectivity index (χ1v) is 12.8. The first kappa shape index (κ1) is 29.6. The summed E-state index contributed by atoms with van der Waals surface area (Å²) in [5, 5.41) is 3.01. The molecule has 0 fully saturated rings. The van der Waals surface area contributed by atoms with E-state index in [-0.39, 0.29) is 5.91 Å². The molecule has 0 aromatic carbocycles. The number of rotatable bonds is 16. The van der Waals surface area contributed by atoms with Gasteiger partial charge in [-0.25, -0.2) is 9.13 Å². The molecule has 0 atom stereocenters. The SMILES string of the molecule is CC(C)=CCC/C(C)=C\CC/C(C)=C/CC/C(C)=C/C(=O)NCCc1c[n+](CCC[NH-])cn1C. The van der Waals surface area contributed by atoms with Crippen LogP contribution in [0.3, 0.4) is 0 Å². The quantitative estimate of drug-likeness (QED) is 0.167. The van der Waals surface area contributed by atoms with Gasteiger partial charge in [0, 0.05) is 19.0 Å². The van der Waals surface area contributed by atoms with Gasteiger partial charge in [0.2, 0.25) is 12.2 Å². The van der Waals surface area contributed by atoms with Gasteiger partial charge in [0.15, 0.2) is 0 Å². The molecule has 0 radical (unpaired) electrons. The van der Waals surface area contributed by atoms with E-state index in [1.165, 1.54) is 22.4 Å². The summed E-state index contributed by atoms with van der Waals surface area (Å²) < 4.78 is 4.21. The smallest absolute Gasteiger partial charge is 0.243 e. The molecule has 0 aliphatic heterocycles. The van der Waals surface area contributed by atoms with Crippen LogP contribution in [0.2, 0.25) is 0 Å². The van der Waals surface area contributed by atoms with Crippen molar-refractivity contribution in [2.24, 2.45) is 7.05 Å². The van der Waals surface area contributed by atoms with Crippen molar-refractivity contribution in [3.63, 3.8) is 0 Å². The van der Waals surface area contributed by atoms with E-state index in [4.69, 9.17) is 5.73 Å². The third kappa shape index (κ3) is 14.0. The average molecular weight is 469 g/mol. The summed E-state index contributed by atoms with van der Waals surface area (Å²) in [6, 6.07) is 0. The molecule has 0 aliphatic rings. The minimum Gasteiger partial charge on any atom is -0.677 e. The summed E-state index contributed by atoms with van der Waals surface area (Å²) in [6.45, 7) is 12.7. The van der Waals surface area contributed by atoms with E-state index < -0.39 is 0 Å². The topological polar surface area (TPSA) is 61.7 Å². The second-order valence-corrected chi connectivity index (χ2v) is 9.72. The van der Waals surface area contributed by atoms with Crippen molar-refractivity contribution in [2.45, 2.75) is 92.5 Å². The Hall–Kier alpha value is -2.40. The van der Waals surface area contributed by atoms with Crippen LogP contribution < -0.4 is 9.88 Å². The van der Waals surface area contributed by atoms with Crippen LogP contribution in [-0.4, -0.2) is 23.6 Å². The Balaban J connectivity index is 2.30. The molecule has 0 saturated carbocycles. The Morgan fingerprint density at radius 3 is 2.15 bits per heavy atom. The van der Waals surface area contributed by atoms with Gasteiger partial charge in [-0.2, -0.15) is 0 Å². The lowest BCUT2D eigenvalue weighted by molar-refractivity contribution is -0.696. The zero-order chi connectivity index (χ0) is 25.3. The van der Waals surface area contributed by atoms with Gasteiger partial charge in [0.25, 0.3) is 0 Å². The number of allylic oxidation sites excluding steroid dienone is 7. The molecule has 0 aliphatic carbocycles. The van der Waals surface area contributed by atoms with Gasteiger partial charge in [-0.15, -0.1) is 6.54 Å². The highest BCUT2D eigenvalue weighted by Crippen LogP contribution is 2.13. The van der Waals surface area contributed by atoms with E-state index in [0.29, 0.717) is 13.1 Å². The zero-order valence-corrected chi connectivity index (χ0v) is 22.5. The molecule has 1 aromatic rings. The van der Waals surface area contributed by atoms with Crippen molar-refractivity contribution < 1.29 is 9.36 Å². The molecular formula is C29H48N4O. The normalized spacial score (nSPS) is 12.7. The Bertz CT molecular complexity index is 867. The number of hydrogen-bond donors (Lipinski definition) is 1. The molecular weight excluding hydrogens is 420 g/mol. The van der Waals surface area contributed by atoms with E-state index in [1.807, 2.05) is 14.0 Å². The molecule has 1 rings (SSSR count). The summed E-state index contributed by atoms with van der Waals surface area (Å²) in [5.74, 6) is -0.0109. The molecule has 1 amide bonds. The largest absolute Gasteiger partial charge is 0.677 e. The van der Waals surface area contributed by atoms with Gasteiger partial charge in [0.1, 0.15) is 11.9 Å². The van der Waals surface area contributed by atoms with E-state index >= 15 is 0 Å². The molecule has 0 bridgehead atoms. The van der Waals surface area contributed by atoms with E-state index in [9.17, 15) is 4.79 Å². The van der Waals surface area contributed by atoms with Gasteiger partial charge in [-0.3, -0.25) is 4.79 Å². The van der Waals surface area contributed by atoms with Crippen LogP contribution in [0.15, 0.2) is 59.1 Å². The highest BCUT2D eigenvalue weighted by molar-refractivity contribution is 5.88. The van der Waals surface area contributed by atoms with Crippen molar-refractivity contribution in [3.05, 3.63) is 70.5 Å². The Labute approximate surface area is 208 Å². The summed E-state index contributed by atoms with van der Waals surface area (Å²) in [6.07, 6.45) is 20.9. The van der Waals surface area contributed by atoms with E-state index in [0.717, 1.165) is 63.5 Å². The van der Waals surface area contributed by atoms with Gasteiger partial charge < -0.3 is 11.1 Å². The maximum atomic E-state index is 12.2. The van der Waals surface area contributed by atoms with Gasteiger partial charge in [0.05, 0.1) is 13.6 Å². The van der Waals surface area contributed by atoms with Crippen LogP contribution in [0.1, 0.15) is 85.3 Å². The molecule has 5 heteroatoms. The monoisotopic (exact) mass is 468 g/mol. The summed E-state index contributed by atoms with van der Waals surface area (Å²) in [4.78, 5) is 12.2. The lowest BCUT2D eigenvalue weighted by Gasteiger charge is -2.04. The highest BCUT2D eigenvalue weighted by Gasteiger charge is 2.09. The van der Waals surface area contributed by atoms with Crippen LogP contribution in [0, 0.1) is 0 Å². The molecule has 34 heavy (non-hydrogen) atoms. The molecule has 0 unspecified atom stereocenters. The van der Waals surface area contributed by atoms with Crippen LogP contribution in [-0.2, 0) is 24.8 Å². The standard InChI is InChI=1S/C29H48N4O/c1-24(2)11-7-12-25(3)13-8-14-26(4)15-9-16-27(5)21-29(34)31-19-17-28-22-33(20-10-18-30)23-32(28)6/h11,13,15,21-23,30H,7-10,12,14,16-20H2,1-6H3,(H,31,34)/b25-13-,26-15+,27-21+. The lowest BCUT2D eigenvalue weighted by Crippen LogP contribution is -2.31. The number of aromatic nitrogens is 2. The fourth-order valence-electron chi connectivity index (χ4n) is 3.78. The minimum atomic E-state index is -0.0109. The Morgan fingerprint density at radius 2 is 1.56 bits per heavy atom. The summed E-state index contributed by atoms with van der Waals surface area (Å²) in [5.41, 5.74) is 13.9. The number of nitrogens with one attached hydrogen (secondary N) is 2.